The summed E-state index contributed by atoms with van der Waals surface area (Å²) in [6.07, 6.45) is 6.86. The van der Waals surface area contributed by atoms with Gasteiger partial charge in [0.05, 0.1) is 0 Å². The van der Waals surface area contributed by atoms with Gasteiger partial charge in [-0.15, -0.1) is 0 Å². The molecule has 2 aliphatic rings. The lowest BCUT2D eigenvalue weighted by Crippen LogP contribution is -2.73. The molecule has 1 saturated heterocycles. The van der Waals surface area contributed by atoms with Crippen molar-refractivity contribution in [3.63, 3.8) is 0 Å². The van der Waals surface area contributed by atoms with Crippen molar-refractivity contribution >= 4 is 8.72 Å². The summed E-state index contributed by atoms with van der Waals surface area (Å²) in [6.45, 7) is 3.44. The van der Waals surface area contributed by atoms with E-state index in [1.807, 2.05) is 14.2 Å². The van der Waals surface area contributed by atoms with Gasteiger partial charge in [0.15, 0.2) is 0 Å². The monoisotopic (exact) mass is 229 g/mol. The zero-order valence-electron chi connectivity index (χ0n) is 10.2. The lowest BCUT2D eigenvalue weighted by Gasteiger charge is -2.55. The molecule has 1 aliphatic carbocycles. The molecule has 2 rings (SSSR count). The number of rotatable bonds is 3. The van der Waals surface area contributed by atoms with Gasteiger partial charge in [-0.05, 0) is 12.8 Å². The molecular weight excluding hydrogens is 206 g/mol. The van der Waals surface area contributed by atoms with E-state index < -0.39 is 8.72 Å². The minimum absolute atomic E-state index is 0.620. The molecule has 2 fully saturated rings. The first-order chi connectivity index (χ1) is 7.24. The van der Waals surface area contributed by atoms with Crippen molar-refractivity contribution < 1.29 is 8.85 Å². The van der Waals surface area contributed by atoms with Gasteiger partial charge >= 0.3 is 8.72 Å². The standard InChI is InChI=1S/C11H23NO2Si/c1-10-9-12(15(10,13-2)14-3)11-7-5-4-6-8-11/h10-11H,4-9H2,1-3H3. The summed E-state index contributed by atoms with van der Waals surface area (Å²) in [4.78, 5) is 0. The van der Waals surface area contributed by atoms with E-state index in [4.69, 9.17) is 8.85 Å². The van der Waals surface area contributed by atoms with E-state index in [2.05, 4.69) is 11.5 Å². The number of nitrogens with zero attached hydrogens (tertiary/aromatic N) is 1. The van der Waals surface area contributed by atoms with Crippen LogP contribution in [-0.4, -0.2) is 40.1 Å². The normalized spacial score (nSPS) is 32.6. The molecular formula is C11H23NO2Si. The minimum atomic E-state index is -1.98. The van der Waals surface area contributed by atoms with E-state index in [9.17, 15) is 0 Å². The van der Waals surface area contributed by atoms with E-state index in [1.54, 1.807) is 0 Å². The quantitative estimate of drug-likeness (QED) is 0.693. The largest absolute Gasteiger partial charge is 0.431 e. The first-order valence-electron chi connectivity index (χ1n) is 6.11. The lowest BCUT2D eigenvalue weighted by molar-refractivity contribution is 0.0638. The highest BCUT2D eigenvalue weighted by Gasteiger charge is 2.60. The molecule has 88 valence electrons. The molecule has 0 spiro atoms. The van der Waals surface area contributed by atoms with Crippen molar-refractivity contribution in [3.05, 3.63) is 0 Å². The Kier molecular flexibility index (Phi) is 3.50. The lowest BCUT2D eigenvalue weighted by atomic mass is 9.95. The molecule has 4 heteroatoms. The van der Waals surface area contributed by atoms with Gasteiger partial charge in [0.2, 0.25) is 0 Å². The molecule has 15 heavy (non-hydrogen) atoms. The third-order valence-electron chi connectivity index (χ3n) is 4.09. The van der Waals surface area contributed by atoms with Crippen LogP contribution in [0.1, 0.15) is 39.0 Å². The van der Waals surface area contributed by atoms with Crippen LogP contribution in [0.3, 0.4) is 0 Å². The summed E-state index contributed by atoms with van der Waals surface area (Å²) in [6, 6.07) is 0.738. The van der Waals surface area contributed by atoms with Crippen LogP contribution in [0.4, 0.5) is 0 Å². The predicted octanol–water partition coefficient (Wildman–Crippen LogP) is 2.26. The van der Waals surface area contributed by atoms with Crippen LogP contribution in [-0.2, 0) is 8.85 Å². The Morgan fingerprint density at radius 2 is 1.67 bits per heavy atom. The SMILES string of the molecule is CO[Si]1(OC)C(C)CN1C1CCCCC1. The zero-order chi connectivity index (χ0) is 10.9. The van der Waals surface area contributed by atoms with E-state index >= 15 is 0 Å². The Labute approximate surface area is 94.1 Å². The van der Waals surface area contributed by atoms with Gasteiger partial charge in [-0.1, -0.05) is 26.2 Å². The van der Waals surface area contributed by atoms with Gasteiger partial charge in [-0.25, -0.2) is 0 Å². The van der Waals surface area contributed by atoms with Gasteiger partial charge in [0.25, 0.3) is 0 Å². The van der Waals surface area contributed by atoms with Crippen LogP contribution in [0.2, 0.25) is 5.54 Å². The molecule has 0 aromatic rings. The molecule has 0 amide bonds. The van der Waals surface area contributed by atoms with Gasteiger partial charge in [-0.3, -0.25) is 4.57 Å². The fourth-order valence-electron chi connectivity index (χ4n) is 3.22. The highest BCUT2D eigenvalue weighted by Crippen LogP contribution is 2.42. The third-order valence-corrected chi connectivity index (χ3v) is 8.04. The van der Waals surface area contributed by atoms with Crippen LogP contribution in [0.25, 0.3) is 0 Å². The molecule has 1 atom stereocenters. The molecule has 0 aromatic carbocycles. The number of hydrogen-bond donors (Lipinski definition) is 0. The van der Waals surface area contributed by atoms with E-state index in [1.165, 1.54) is 38.6 Å². The second kappa shape index (κ2) is 4.53. The minimum Gasteiger partial charge on any atom is -0.386 e. The molecule has 1 saturated carbocycles. The molecule has 0 N–H and O–H groups in total. The van der Waals surface area contributed by atoms with Crippen LogP contribution >= 0.6 is 0 Å². The van der Waals surface area contributed by atoms with Crippen LogP contribution in [0.5, 0.6) is 0 Å². The maximum absolute atomic E-state index is 5.74. The second-order valence-corrected chi connectivity index (χ2v) is 8.52. The fraction of sp³-hybridized carbons (Fsp3) is 1.00. The van der Waals surface area contributed by atoms with E-state index in [-0.39, 0.29) is 0 Å². The van der Waals surface area contributed by atoms with Crippen molar-refractivity contribution in [3.8, 4) is 0 Å². The smallest absolute Gasteiger partial charge is 0.386 e. The Hall–Kier alpha value is 0.0969. The first-order valence-corrected chi connectivity index (χ1v) is 7.95. The van der Waals surface area contributed by atoms with Crippen molar-refractivity contribution in [1.29, 1.82) is 0 Å². The van der Waals surface area contributed by atoms with Gasteiger partial charge in [0, 0.05) is 32.3 Å². The van der Waals surface area contributed by atoms with Gasteiger partial charge < -0.3 is 8.85 Å². The molecule has 0 aromatic heterocycles. The summed E-state index contributed by atoms with van der Waals surface area (Å²) < 4.78 is 14.0. The molecule has 1 heterocycles. The highest BCUT2D eigenvalue weighted by molar-refractivity contribution is 6.68. The second-order valence-electron chi connectivity index (χ2n) is 4.88. The number of hydrogen-bond acceptors (Lipinski definition) is 3. The summed E-state index contributed by atoms with van der Waals surface area (Å²) in [5.74, 6) is 0. The fourth-order valence-corrected chi connectivity index (χ4v) is 6.64. The van der Waals surface area contributed by atoms with Crippen molar-refractivity contribution in [2.24, 2.45) is 0 Å². The first kappa shape index (κ1) is 11.6. The van der Waals surface area contributed by atoms with Gasteiger partial charge in [-0.2, -0.15) is 0 Å². The summed E-state index contributed by atoms with van der Waals surface area (Å²) >= 11 is 0. The Morgan fingerprint density at radius 3 is 2.13 bits per heavy atom. The maximum atomic E-state index is 5.74. The topological polar surface area (TPSA) is 21.7 Å². The summed E-state index contributed by atoms with van der Waals surface area (Å²) in [5.41, 5.74) is 0.620. The van der Waals surface area contributed by atoms with E-state index in [0.717, 1.165) is 6.04 Å². The third kappa shape index (κ3) is 1.77. The van der Waals surface area contributed by atoms with E-state index in [0.29, 0.717) is 5.54 Å². The zero-order valence-corrected chi connectivity index (χ0v) is 11.2. The molecule has 0 radical (unpaired) electrons. The molecule has 1 unspecified atom stereocenters. The molecule has 1 aliphatic heterocycles. The van der Waals surface area contributed by atoms with Gasteiger partial charge in [0.1, 0.15) is 0 Å². The maximum Gasteiger partial charge on any atom is 0.431 e. The average Bonchev–Trinajstić information content (AvgIpc) is 2.29. The van der Waals surface area contributed by atoms with Crippen LogP contribution in [0.15, 0.2) is 0 Å². The Bertz CT molecular complexity index is 215. The molecule has 3 nitrogen and oxygen atoms in total. The highest BCUT2D eigenvalue weighted by atomic mass is 28.4. The average molecular weight is 229 g/mol. The van der Waals surface area contributed by atoms with Crippen LogP contribution < -0.4 is 0 Å². The predicted molar refractivity (Wildman–Crippen MR) is 62.8 cm³/mol. The summed E-state index contributed by atoms with van der Waals surface area (Å²) in [5, 5.41) is 0. The van der Waals surface area contributed by atoms with Crippen LogP contribution in [0, 0.1) is 0 Å². The van der Waals surface area contributed by atoms with Crippen molar-refractivity contribution in [2.45, 2.75) is 50.6 Å². The summed E-state index contributed by atoms with van der Waals surface area (Å²) in [7, 11) is 1.66. The van der Waals surface area contributed by atoms with Crippen molar-refractivity contribution in [1.82, 2.24) is 4.57 Å². The van der Waals surface area contributed by atoms with Crippen molar-refractivity contribution in [2.75, 3.05) is 20.8 Å². The Morgan fingerprint density at radius 1 is 1.07 bits per heavy atom. The Balaban J connectivity index is 2.03. The molecule has 0 bridgehead atoms.